The number of rotatable bonds is 3. The van der Waals surface area contributed by atoms with Crippen LogP contribution in [0.15, 0.2) is 40.5 Å². The fourth-order valence-corrected chi connectivity index (χ4v) is 2.53. The summed E-state index contributed by atoms with van der Waals surface area (Å²) in [5.41, 5.74) is 7.71. The summed E-state index contributed by atoms with van der Waals surface area (Å²) < 4.78 is 27.5. The average molecular weight is 279 g/mol. The molecule has 1 aliphatic rings. The maximum atomic E-state index is 11.7. The molecule has 0 amide bonds. The summed E-state index contributed by atoms with van der Waals surface area (Å²) in [6.07, 6.45) is 2.02. The van der Waals surface area contributed by atoms with E-state index in [1.54, 1.807) is 0 Å². The highest BCUT2D eigenvalue weighted by Crippen LogP contribution is 2.26. The van der Waals surface area contributed by atoms with E-state index < -0.39 is 26.6 Å². The van der Waals surface area contributed by atoms with Gasteiger partial charge in [0, 0.05) is 10.5 Å². The van der Waals surface area contributed by atoms with Gasteiger partial charge in [-0.05, 0) is 23.7 Å². The van der Waals surface area contributed by atoms with Crippen molar-refractivity contribution in [3.8, 4) is 0 Å². The maximum Gasteiger partial charge on any atom is 0.346 e. The van der Waals surface area contributed by atoms with E-state index >= 15 is 0 Å². The molecule has 0 bridgehead atoms. The summed E-state index contributed by atoms with van der Waals surface area (Å²) in [5.74, 6) is -1.13. The SMILES string of the molecule is [N-]=[N+]=NOS(=O)(=O)c1cccc2c1C(=O)C=CC2=O. The first-order valence-corrected chi connectivity index (χ1v) is 6.26. The lowest BCUT2D eigenvalue weighted by Crippen LogP contribution is -2.17. The third-order valence-corrected chi connectivity index (χ3v) is 3.50. The summed E-state index contributed by atoms with van der Waals surface area (Å²) in [6.45, 7) is 0. The lowest BCUT2D eigenvalue weighted by molar-refractivity contribution is 0.0991. The highest BCUT2D eigenvalue weighted by atomic mass is 32.2. The van der Waals surface area contributed by atoms with Gasteiger partial charge >= 0.3 is 10.1 Å². The van der Waals surface area contributed by atoms with Gasteiger partial charge in [0.05, 0.1) is 5.56 Å². The minimum absolute atomic E-state index is 0.0434. The third-order valence-electron chi connectivity index (χ3n) is 2.36. The lowest BCUT2D eigenvalue weighted by atomic mass is 9.95. The van der Waals surface area contributed by atoms with Crippen molar-refractivity contribution < 1.29 is 22.3 Å². The number of carbonyl (C=O) groups excluding carboxylic acids is 2. The number of hydrogen-bond acceptors (Lipinski definition) is 6. The normalized spacial score (nSPS) is 13.7. The molecule has 9 heteroatoms. The molecule has 96 valence electrons. The Kier molecular flexibility index (Phi) is 3.07. The van der Waals surface area contributed by atoms with Crippen LogP contribution in [-0.4, -0.2) is 20.0 Å². The molecule has 1 aromatic rings. The number of hydrogen-bond donors (Lipinski definition) is 0. The molecule has 0 radical (unpaired) electrons. The Bertz CT molecular complexity index is 759. The summed E-state index contributed by atoms with van der Waals surface area (Å²) >= 11 is 0. The molecule has 19 heavy (non-hydrogen) atoms. The monoisotopic (exact) mass is 279 g/mol. The van der Waals surface area contributed by atoms with Crippen LogP contribution in [0.3, 0.4) is 0 Å². The lowest BCUT2D eigenvalue weighted by Gasteiger charge is -2.12. The van der Waals surface area contributed by atoms with E-state index in [4.69, 9.17) is 5.53 Å². The standard InChI is InChI=1S/C10H5N3O5S/c11-12-13-18-19(16,17)9-3-1-2-6-7(14)4-5-8(15)10(6)9/h1-5H. The van der Waals surface area contributed by atoms with Crippen LogP contribution < -0.4 is 0 Å². The first kappa shape index (κ1) is 12.8. The molecule has 0 atom stereocenters. The van der Waals surface area contributed by atoms with Crippen LogP contribution in [0.5, 0.6) is 0 Å². The third kappa shape index (κ3) is 2.19. The second kappa shape index (κ2) is 4.56. The zero-order chi connectivity index (χ0) is 14.0. The van der Waals surface area contributed by atoms with Gasteiger partial charge in [0.15, 0.2) is 11.6 Å². The molecular formula is C10H5N3O5S. The fourth-order valence-electron chi connectivity index (χ4n) is 1.62. The van der Waals surface area contributed by atoms with Crippen molar-refractivity contribution in [1.82, 2.24) is 0 Å². The Hall–Kier alpha value is -2.64. The molecule has 0 aliphatic heterocycles. The summed E-state index contributed by atoms with van der Waals surface area (Å²) in [6, 6.07) is 3.70. The van der Waals surface area contributed by atoms with Gasteiger partial charge in [-0.2, -0.15) is 8.42 Å². The minimum atomic E-state index is -4.45. The Morgan fingerprint density at radius 2 is 1.84 bits per heavy atom. The molecule has 1 aliphatic carbocycles. The molecule has 0 saturated heterocycles. The molecule has 0 unspecified atom stereocenters. The summed E-state index contributed by atoms with van der Waals surface area (Å²) in [7, 11) is -4.45. The van der Waals surface area contributed by atoms with Gasteiger partial charge in [-0.25, -0.2) is 0 Å². The minimum Gasteiger partial charge on any atom is -0.307 e. The summed E-state index contributed by atoms with van der Waals surface area (Å²) in [5, 5.41) is 2.49. The number of allylic oxidation sites excluding steroid dienone is 2. The number of fused-ring (bicyclic) bond motifs is 1. The van der Waals surface area contributed by atoms with E-state index in [0.717, 1.165) is 18.2 Å². The van der Waals surface area contributed by atoms with Gasteiger partial charge < -0.3 is 4.28 Å². The van der Waals surface area contributed by atoms with E-state index in [9.17, 15) is 18.0 Å². The Morgan fingerprint density at radius 3 is 2.53 bits per heavy atom. The zero-order valence-electron chi connectivity index (χ0n) is 9.18. The van der Waals surface area contributed by atoms with Crippen LogP contribution in [0, 0.1) is 0 Å². The van der Waals surface area contributed by atoms with Crippen molar-refractivity contribution >= 4 is 21.7 Å². The topological polar surface area (TPSA) is 126 Å². The van der Waals surface area contributed by atoms with E-state index in [-0.39, 0.29) is 11.1 Å². The van der Waals surface area contributed by atoms with E-state index in [1.165, 1.54) is 12.1 Å². The molecule has 0 heterocycles. The molecule has 8 nitrogen and oxygen atoms in total. The molecule has 0 N–H and O–H groups in total. The van der Waals surface area contributed by atoms with E-state index in [0.29, 0.717) is 0 Å². The van der Waals surface area contributed by atoms with E-state index in [2.05, 4.69) is 14.5 Å². The number of carbonyl (C=O) groups is 2. The van der Waals surface area contributed by atoms with Crippen molar-refractivity contribution in [2.24, 2.45) is 5.28 Å². The van der Waals surface area contributed by atoms with Gasteiger partial charge in [0.1, 0.15) is 10.2 Å². The molecule has 0 saturated carbocycles. The molecule has 0 aromatic heterocycles. The zero-order valence-corrected chi connectivity index (χ0v) is 9.99. The van der Waals surface area contributed by atoms with Crippen LogP contribution in [0.1, 0.15) is 20.7 Å². The van der Waals surface area contributed by atoms with Gasteiger partial charge in [-0.15, -0.1) is 0 Å². The fraction of sp³-hybridized carbons (Fsp3) is 0. The molecular weight excluding hydrogens is 274 g/mol. The highest BCUT2D eigenvalue weighted by Gasteiger charge is 2.29. The quantitative estimate of drug-likeness (QED) is 0.359. The van der Waals surface area contributed by atoms with Crippen molar-refractivity contribution in [1.29, 1.82) is 0 Å². The average Bonchev–Trinajstić information content (AvgIpc) is 2.40. The summed E-state index contributed by atoms with van der Waals surface area (Å²) in [4.78, 5) is 24.9. The van der Waals surface area contributed by atoms with Crippen molar-refractivity contribution in [3.63, 3.8) is 0 Å². The second-order valence-electron chi connectivity index (χ2n) is 3.44. The van der Waals surface area contributed by atoms with Crippen LogP contribution in [0.25, 0.3) is 10.4 Å². The molecule has 2 rings (SSSR count). The Morgan fingerprint density at radius 1 is 1.16 bits per heavy atom. The largest absolute Gasteiger partial charge is 0.346 e. The van der Waals surface area contributed by atoms with E-state index in [1.807, 2.05) is 0 Å². The van der Waals surface area contributed by atoms with Crippen LogP contribution in [0.4, 0.5) is 0 Å². The van der Waals surface area contributed by atoms with Gasteiger partial charge in [0.2, 0.25) is 0 Å². The van der Waals surface area contributed by atoms with Crippen LogP contribution >= 0.6 is 0 Å². The number of azide groups is 1. The second-order valence-corrected chi connectivity index (χ2v) is 4.94. The van der Waals surface area contributed by atoms with Crippen LogP contribution in [0.2, 0.25) is 0 Å². The Balaban J connectivity index is 2.69. The van der Waals surface area contributed by atoms with Crippen molar-refractivity contribution in [3.05, 3.63) is 51.9 Å². The van der Waals surface area contributed by atoms with Crippen LogP contribution in [-0.2, 0) is 14.4 Å². The molecule has 0 spiro atoms. The maximum absolute atomic E-state index is 11.7. The first-order chi connectivity index (χ1) is 8.97. The molecule has 0 fully saturated rings. The van der Waals surface area contributed by atoms with Gasteiger partial charge in [-0.3, -0.25) is 9.59 Å². The molecule has 1 aromatic carbocycles. The number of benzene rings is 1. The van der Waals surface area contributed by atoms with Gasteiger partial charge in [0.25, 0.3) is 0 Å². The predicted octanol–water partition coefficient (Wildman–Crippen LogP) is 1.55. The van der Waals surface area contributed by atoms with Gasteiger partial charge in [-0.1, -0.05) is 12.1 Å². The Labute approximate surface area is 107 Å². The first-order valence-electron chi connectivity index (χ1n) is 4.85. The number of ketones is 2. The number of nitrogens with zero attached hydrogens (tertiary/aromatic N) is 3. The highest BCUT2D eigenvalue weighted by molar-refractivity contribution is 7.86. The smallest absolute Gasteiger partial charge is 0.307 e. The predicted molar refractivity (Wildman–Crippen MR) is 61.7 cm³/mol. The van der Waals surface area contributed by atoms with Crippen molar-refractivity contribution in [2.45, 2.75) is 4.90 Å². The van der Waals surface area contributed by atoms with Crippen molar-refractivity contribution in [2.75, 3.05) is 0 Å².